The van der Waals surface area contributed by atoms with Gasteiger partial charge in [0.15, 0.2) is 5.16 Å². The zero-order valence-electron chi connectivity index (χ0n) is 15.8. The third-order valence-corrected chi connectivity index (χ3v) is 6.05. The molecule has 1 fully saturated rings. The summed E-state index contributed by atoms with van der Waals surface area (Å²) in [5, 5.41) is 4.03. The van der Waals surface area contributed by atoms with Crippen LogP contribution in [0.3, 0.4) is 0 Å². The molecule has 1 amide bonds. The van der Waals surface area contributed by atoms with E-state index >= 15 is 0 Å². The van der Waals surface area contributed by atoms with Crippen molar-refractivity contribution in [3.63, 3.8) is 0 Å². The van der Waals surface area contributed by atoms with Gasteiger partial charge in [0.05, 0.1) is 5.75 Å². The number of benzene rings is 2. The summed E-state index contributed by atoms with van der Waals surface area (Å²) >= 11 is 1.52. The van der Waals surface area contributed by atoms with Crippen molar-refractivity contribution in [1.29, 1.82) is 0 Å². The van der Waals surface area contributed by atoms with Crippen molar-refractivity contribution in [3.05, 3.63) is 84.2 Å². The number of hydrogen-bond donors (Lipinski definition) is 1. The summed E-state index contributed by atoms with van der Waals surface area (Å²) < 4.78 is 2.19. The topological polar surface area (TPSA) is 46.9 Å². The van der Waals surface area contributed by atoms with Gasteiger partial charge in [-0.05, 0) is 30.4 Å². The monoisotopic (exact) mass is 391 g/mol. The molecule has 5 heteroatoms. The lowest BCUT2D eigenvalue weighted by atomic mass is 9.88. The Hall–Kier alpha value is -2.53. The Kier molecular flexibility index (Phi) is 6.12. The normalized spacial score (nSPS) is 13.6. The third-order valence-electron chi connectivity index (χ3n) is 5.06. The zero-order valence-corrected chi connectivity index (χ0v) is 16.6. The summed E-state index contributed by atoms with van der Waals surface area (Å²) in [7, 11) is 0. The standard InChI is InChI=1S/C23H25N3OS/c27-22(17-28-23-25-15-16-26(23)20-11-12-20)24-14-13-21(18-7-3-1-4-8-18)19-9-5-2-6-10-19/h1-10,15-16,20-21H,11-14,17H2,(H,24,27). The van der Waals surface area contributed by atoms with Gasteiger partial charge in [0.25, 0.3) is 0 Å². The van der Waals surface area contributed by atoms with Gasteiger partial charge >= 0.3 is 0 Å². The highest BCUT2D eigenvalue weighted by molar-refractivity contribution is 7.99. The summed E-state index contributed by atoms with van der Waals surface area (Å²) in [4.78, 5) is 16.7. The molecule has 1 aliphatic carbocycles. The van der Waals surface area contributed by atoms with E-state index in [9.17, 15) is 4.79 Å². The van der Waals surface area contributed by atoms with Crippen LogP contribution in [0.2, 0.25) is 0 Å². The molecule has 4 rings (SSSR count). The first-order valence-corrected chi connectivity index (χ1v) is 10.8. The van der Waals surface area contributed by atoms with Crippen molar-refractivity contribution in [2.75, 3.05) is 12.3 Å². The molecule has 0 spiro atoms. The number of amides is 1. The number of nitrogens with zero attached hydrogens (tertiary/aromatic N) is 2. The maximum atomic E-state index is 12.3. The minimum Gasteiger partial charge on any atom is -0.355 e. The number of aromatic nitrogens is 2. The molecule has 0 atom stereocenters. The number of imidazole rings is 1. The fourth-order valence-electron chi connectivity index (χ4n) is 3.48. The van der Waals surface area contributed by atoms with Crippen LogP contribution in [0.15, 0.2) is 78.2 Å². The molecule has 1 aromatic heterocycles. The van der Waals surface area contributed by atoms with Crippen LogP contribution in [0.1, 0.15) is 42.3 Å². The Labute approximate surface area is 170 Å². The highest BCUT2D eigenvalue weighted by Crippen LogP contribution is 2.37. The molecule has 2 aromatic carbocycles. The van der Waals surface area contributed by atoms with E-state index in [0.29, 0.717) is 18.3 Å². The lowest BCUT2D eigenvalue weighted by molar-refractivity contribution is -0.118. The van der Waals surface area contributed by atoms with Crippen LogP contribution in [0.25, 0.3) is 0 Å². The Morgan fingerprint density at radius 3 is 2.32 bits per heavy atom. The number of carbonyl (C=O) groups excluding carboxylic acids is 1. The first kappa shape index (κ1) is 18.8. The molecule has 1 heterocycles. The van der Waals surface area contributed by atoms with Crippen molar-refractivity contribution in [1.82, 2.24) is 14.9 Å². The Bertz CT molecular complexity index is 851. The second kappa shape index (κ2) is 9.11. The van der Waals surface area contributed by atoms with Gasteiger partial charge in [-0.15, -0.1) is 0 Å². The summed E-state index contributed by atoms with van der Waals surface area (Å²) in [5.41, 5.74) is 2.56. The molecule has 3 aromatic rings. The van der Waals surface area contributed by atoms with Crippen LogP contribution < -0.4 is 5.32 Å². The van der Waals surface area contributed by atoms with Crippen molar-refractivity contribution in [2.45, 2.75) is 36.4 Å². The first-order valence-electron chi connectivity index (χ1n) is 9.83. The molecule has 0 saturated heterocycles. The second-order valence-electron chi connectivity index (χ2n) is 7.15. The summed E-state index contributed by atoms with van der Waals surface area (Å²) in [6, 6.07) is 21.6. The van der Waals surface area contributed by atoms with E-state index in [1.54, 1.807) is 0 Å². The number of carbonyl (C=O) groups is 1. The third kappa shape index (κ3) is 4.84. The smallest absolute Gasteiger partial charge is 0.230 e. The van der Waals surface area contributed by atoms with Gasteiger partial charge in [0.2, 0.25) is 5.91 Å². The van der Waals surface area contributed by atoms with Crippen molar-refractivity contribution < 1.29 is 4.79 Å². The number of rotatable bonds is 9. The van der Waals surface area contributed by atoms with Crippen molar-refractivity contribution in [3.8, 4) is 0 Å². The van der Waals surface area contributed by atoms with E-state index in [2.05, 4.69) is 63.4 Å². The molecular weight excluding hydrogens is 366 g/mol. The van der Waals surface area contributed by atoms with Gasteiger partial charge in [-0.25, -0.2) is 4.98 Å². The van der Waals surface area contributed by atoms with Crippen LogP contribution >= 0.6 is 11.8 Å². The summed E-state index contributed by atoms with van der Waals surface area (Å²) in [5.74, 6) is 0.754. The molecule has 1 aliphatic rings. The number of hydrogen-bond acceptors (Lipinski definition) is 3. The first-order chi connectivity index (χ1) is 13.8. The Morgan fingerprint density at radius 1 is 1.07 bits per heavy atom. The molecule has 144 valence electrons. The average Bonchev–Trinajstić information content (AvgIpc) is 3.48. The van der Waals surface area contributed by atoms with Gasteiger partial charge in [-0.2, -0.15) is 0 Å². The molecular formula is C23H25N3OS. The predicted octanol–water partition coefficient (Wildman–Crippen LogP) is 4.65. The van der Waals surface area contributed by atoms with Gasteiger partial charge in [-0.3, -0.25) is 4.79 Å². The maximum absolute atomic E-state index is 12.3. The van der Waals surface area contributed by atoms with E-state index < -0.39 is 0 Å². The predicted molar refractivity (Wildman–Crippen MR) is 114 cm³/mol. The molecule has 28 heavy (non-hydrogen) atoms. The van der Waals surface area contributed by atoms with Crippen molar-refractivity contribution in [2.24, 2.45) is 0 Å². The van der Waals surface area contributed by atoms with Gasteiger partial charge in [0.1, 0.15) is 0 Å². The van der Waals surface area contributed by atoms with E-state index in [-0.39, 0.29) is 11.8 Å². The molecule has 1 N–H and O–H groups in total. The van der Waals surface area contributed by atoms with Crippen molar-refractivity contribution >= 4 is 17.7 Å². The van der Waals surface area contributed by atoms with E-state index in [0.717, 1.165) is 11.6 Å². The lowest BCUT2D eigenvalue weighted by Crippen LogP contribution is -2.27. The highest BCUT2D eigenvalue weighted by atomic mass is 32.2. The molecule has 0 bridgehead atoms. The molecule has 0 unspecified atom stereocenters. The quantitative estimate of drug-likeness (QED) is 0.540. The molecule has 0 radical (unpaired) electrons. The van der Waals surface area contributed by atoms with E-state index in [1.807, 2.05) is 24.5 Å². The fourth-order valence-corrected chi connectivity index (χ4v) is 4.33. The SMILES string of the molecule is O=C(CSc1nccn1C1CC1)NCCC(c1ccccc1)c1ccccc1. The average molecular weight is 392 g/mol. The molecule has 4 nitrogen and oxygen atoms in total. The number of thioether (sulfide) groups is 1. The highest BCUT2D eigenvalue weighted by Gasteiger charge is 2.25. The van der Waals surface area contributed by atoms with Crippen LogP contribution in [-0.2, 0) is 4.79 Å². The van der Waals surface area contributed by atoms with Gasteiger partial charge < -0.3 is 9.88 Å². The Balaban J connectivity index is 1.30. The minimum absolute atomic E-state index is 0.0650. The maximum Gasteiger partial charge on any atom is 0.230 e. The zero-order chi connectivity index (χ0) is 19.2. The summed E-state index contributed by atoms with van der Waals surface area (Å²) in [6.07, 6.45) is 7.15. The van der Waals surface area contributed by atoms with Gasteiger partial charge in [-0.1, -0.05) is 72.4 Å². The van der Waals surface area contributed by atoms with E-state index in [4.69, 9.17) is 0 Å². The van der Waals surface area contributed by atoms with Crippen LogP contribution in [0.4, 0.5) is 0 Å². The summed E-state index contributed by atoms with van der Waals surface area (Å²) in [6.45, 7) is 0.658. The molecule has 1 saturated carbocycles. The Morgan fingerprint density at radius 2 is 1.71 bits per heavy atom. The second-order valence-corrected chi connectivity index (χ2v) is 8.09. The van der Waals surface area contributed by atoms with E-state index in [1.165, 1.54) is 35.7 Å². The lowest BCUT2D eigenvalue weighted by Gasteiger charge is -2.18. The fraction of sp³-hybridized carbons (Fsp3) is 0.304. The van der Waals surface area contributed by atoms with Gasteiger partial charge in [0, 0.05) is 30.9 Å². The number of nitrogens with one attached hydrogen (secondary N) is 1. The largest absolute Gasteiger partial charge is 0.355 e. The van der Waals surface area contributed by atoms with Crippen LogP contribution in [0.5, 0.6) is 0 Å². The van der Waals surface area contributed by atoms with Crippen LogP contribution in [-0.4, -0.2) is 27.8 Å². The van der Waals surface area contributed by atoms with Crippen LogP contribution in [0, 0.1) is 0 Å². The minimum atomic E-state index is 0.0650. The molecule has 0 aliphatic heterocycles.